The van der Waals surface area contributed by atoms with Crippen LogP contribution in [0.3, 0.4) is 0 Å². The number of benzene rings is 2. The fraction of sp³-hybridized carbons (Fsp3) is 0.167. The van der Waals surface area contributed by atoms with Gasteiger partial charge in [0, 0.05) is 29.7 Å². The first-order valence-corrected chi connectivity index (χ1v) is 7.84. The first-order chi connectivity index (χ1) is 11.6. The molecule has 5 nitrogen and oxygen atoms in total. The number of nitrogens with one attached hydrogen (secondary N) is 1. The molecule has 0 radical (unpaired) electrons. The number of imidazole rings is 1. The average molecular weight is 344 g/mol. The van der Waals surface area contributed by atoms with Gasteiger partial charge in [-0.1, -0.05) is 35.9 Å². The zero-order chi connectivity index (χ0) is 17.1. The molecule has 6 heteroatoms. The molecule has 0 spiro atoms. The van der Waals surface area contributed by atoms with Gasteiger partial charge in [0.05, 0.1) is 19.0 Å². The van der Waals surface area contributed by atoms with E-state index in [1.54, 1.807) is 12.3 Å². The zero-order valence-corrected chi connectivity index (χ0v) is 14.2. The summed E-state index contributed by atoms with van der Waals surface area (Å²) in [5, 5.41) is 14.1. The molecule has 1 aromatic heterocycles. The molecule has 0 aliphatic rings. The number of nitrogens with zero attached hydrogens (tertiary/aromatic N) is 2. The molecule has 124 valence electrons. The maximum Gasteiger partial charge on any atom is 0.203 e. The lowest BCUT2D eigenvalue weighted by atomic mass is 10.2. The van der Waals surface area contributed by atoms with Crippen molar-refractivity contribution in [3.05, 3.63) is 59.2 Å². The van der Waals surface area contributed by atoms with Gasteiger partial charge in [0.15, 0.2) is 11.5 Å². The highest BCUT2D eigenvalue weighted by Gasteiger charge is 2.11. The third-order valence-electron chi connectivity index (χ3n) is 3.85. The second-order valence-electron chi connectivity index (χ2n) is 5.36. The van der Waals surface area contributed by atoms with Crippen LogP contribution in [0.1, 0.15) is 5.56 Å². The molecule has 3 aromatic rings. The van der Waals surface area contributed by atoms with Gasteiger partial charge >= 0.3 is 0 Å². The first-order valence-electron chi connectivity index (χ1n) is 7.46. The molecule has 3 rings (SSSR count). The van der Waals surface area contributed by atoms with Crippen LogP contribution in [-0.4, -0.2) is 21.8 Å². The number of halogens is 1. The summed E-state index contributed by atoms with van der Waals surface area (Å²) < 4.78 is 7.07. The second kappa shape index (κ2) is 6.84. The van der Waals surface area contributed by atoms with Crippen LogP contribution in [-0.2, 0) is 13.6 Å². The van der Waals surface area contributed by atoms with E-state index < -0.39 is 0 Å². The monoisotopic (exact) mass is 343 g/mol. The SMILES string of the molecule is COc1cccc(CNc2ncc(-c3cccc(Cl)c3)n2C)c1O. The summed E-state index contributed by atoms with van der Waals surface area (Å²) in [6.45, 7) is 0.433. The third kappa shape index (κ3) is 3.16. The average Bonchev–Trinajstić information content (AvgIpc) is 2.95. The zero-order valence-electron chi connectivity index (χ0n) is 13.5. The summed E-state index contributed by atoms with van der Waals surface area (Å²) in [6, 6.07) is 13.0. The van der Waals surface area contributed by atoms with Crippen LogP contribution in [0.4, 0.5) is 5.95 Å². The summed E-state index contributed by atoms with van der Waals surface area (Å²) in [5.74, 6) is 1.29. The van der Waals surface area contributed by atoms with Crippen LogP contribution < -0.4 is 10.1 Å². The minimum absolute atomic E-state index is 0.136. The molecule has 0 unspecified atom stereocenters. The lowest BCUT2D eigenvalue weighted by Gasteiger charge is -2.11. The van der Waals surface area contributed by atoms with Gasteiger partial charge in [0.2, 0.25) is 5.95 Å². The molecule has 24 heavy (non-hydrogen) atoms. The van der Waals surface area contributed by atoms with E-state index in [1.165, 1.54) is 7.11 Å². The summed E-state index contributed by atoms with van der Waals surface area (Å²) >= 11 is 6.06. The molecule has 2 aromatic carbocycles. The number of hydrogen-bond acceptors (Lipinski definition) is 4. The molecule has 0 amide bonds. The van der Waals surface area contributed by atoms with Crippen molar-refractivity contribution in [2.75, 3.05) is 12.4 Å². The Morgan fingerprint density at radius 1 is 1.25 bits per heavy atom. The third-order valence-corrected chi connectivity index (χ3v) is 4.08. The predicted octanol–water partition coefficient (Wildman–Crippen LogP) is 4.07. The van der Waals surface area contributed by atoms with Crippen molar-refractivity contribution < 1.29 is 9.84 Å². The van der Waals surface area contributed by atoms with Crippen LogP contribution in [0, 0.1) is 0 Å². The highest BCUT2D eigenvalue weighted by molar-refractivity contribution is 6.30. The number of para-hydroxylation sites is 1. The van der Waals surface area contributed by atoms with E-state index >= 15 is 0 Å². The lowest BCUT2D eigenvalue weighted by molar-refractivity contribution is 0.371. The number of hydrogen-bond donors (Lipinski definition) is 2. The highest BCUT2D eigenvalue weighted by atomic mass is 35.5. The summed E-state index contributed by atoms with van der Waals surface area (Å²) in [5.41, 5.74) is 2.69. The summed E-state index contributed by atoms with van der Waals surface area (Å²) in [6.07, 6.45) is 1.79. The number of aromatic hydroxyl groups is 1. The number of phenols is 1. The van der Waals surface area contributed by atoms with Crippen LogP contribution in [0.5, 0.6) is 11.5 Å². The summed E-state index contributed by atoms with van der Waals surface area (Å²) in [7, 11) is 3.46. The molecule has 0 saturated carbocycles. The quantitative estimate of drug-likeness (QED) is 0.733. The number of aromatic nitrogens is 2. The Hall–Kier alpha value is -2.66. The molecular weight excluding hydrogens is 326 g/mol. The van der Waals surface area contributed by atoms with E-state index in [1.807, 2.05) is 48.0 Å². The Morgan fingerprint density at radius 3 is 2.79 bits per heavy atom. The number of phenolic OH excluding ortho intramolecular Hbond substituents is 1. The van der Waals surface area contributed by atoms with Gasteiger partial charge in [-0.05, 0) is 18.2 Å². The van der Waals surface area contributed by atoms with E-state index in [-0.39, 0.29) is 5.75 Å². The predicted molar refractivity (Wildman–Crippen MR) is 95.6 cm³/mol. The van der Waals surface area contributed by atoms with Crippen molar-refractivity contribution in [3.63, 3.8) is 0 Å². The standard InChI is InChI=1S/C18H18ClN3O2/c1-22-15(12-5-3-7-14(19)9-12)11-21-18(22)20-10-13-6-4-8-16(24-2)17(13)23/h3-9,11,23H,10H2,1-2H3,(H,20,21). The minimum atomic E-state index is 0.136. The van der Waals surface area contributed by atoms with E-state index in [0.717, 1.165) is 16.8 Å². The van der Waals surface area contributed by atoms with Gasteiger partial charge in [0.1, 0.15) is 0 Å². The number of ether oxygens (including phenoxy) is 1. The lowest BCUT2D eigenvalue weighted by Crippen LogP contribution is -2.06. The topological polar surface area (TPSA) is 59.3 Å². The van der Waals surface area contributed by atoms with Crippen LogP contribution in [0.2, 0.25) is 5.02 Å². The number of methoxy groups -OCH3 is 1. The van der Waals surface area contributed by atoms with E-state index in [9.17, 15) is 5.11 Å². The molecule has 0 aliphatic heterocycles. The van der Waals surface area contributed by atoms with E-state index in [0.29, 0.717) is 23.3 Å². The van der Waals surface area contributed by atoms with Crippen molar-refractivity contribution in [1.29, 1.82) is 0 Å². The smallest absolute Gasteiger partial charge is 0.203 e. The Balaban J connectivity index is 1.80. The van der Waals surface area contributed by atoms with Gasteiger partial charge in [-0.15, -0.1) is 0 Å². The van der Waals surface area contributed by atoms with Crippen molar-refractivity contribution in [1.82, 2.24) is 9.55 Å². The molecule has 0 aliphatic carbocycles. The summed E-state index contributed by atoms with van der Waals surface area (Å²) in [4.78, 5) is 4.40. The highest BCUT2D eigenvalue weighted by Crippen LogP contribution is 2.30. The van der Waals surface area contributed by atoms with Gasteiger partial charge in [-0.3, -0.25) is 0 Å². The Morgan fingerprint density at radius 2 is 2.04 bits per heavy atom. The fourth-order valence-electron chi connectivity index (χ4n) is 2.54. The number of anilines is 1. The van der Waals surface area contributed by atoms with Gasteiger partial charge in [-0.2, -0.15) is 0 Å². The van der Waals surface area contributed by atoms with Gasteiger partial charge in [-0.25, -0.2) is 4.98 Å². The maximum atomic E-state index is 10.1. The molecule has 0 atom stereocenters. The van der Waals surface area contributed by atoms with Crippen molar-refractivity contribution in [2.45, 2.75) is 6.54 Å². The maximum absolute atomic E-state index is 10.1. The van der Waals surface area contributed by atoms with Crippen LogP contribution in [0.15, 0.2) is 48.7 Å². The van der Waals surface area contributed by atoms with Crippen molar-refractivity contribution in [3.8, 4) is 22.8 Å². The molecular formula is C18H18ClN3O2. The normalized spacial score (nSPS) is 10.6. The Bertz CT molecular complexity index is 861. The van der Waals surface area contributed by atoms with Gasteiger partial charge < -0.3 is 19.7 Å². The van der Waals surface area contributed by atoms with E-state index in [4.69, 9.17) is 16.3 Å². The van der Waals surface area contributed by atoms with Crippen LogP contribution in [0.25, 0.3) is 11.3 Å². The fourth-order valence-corrected chi connectivity index (χ4v) is 2.73. The van der Waals surface area contributed by atoms with Gasteiger partial charge in [0.25, 0.3) is 0 Å². The Labute approximate surface area is 145 Å². The molecule has 1 heterocycles. The molecule has 2 N–H and O–H groups in total. The molecule has 0 bridgehead atoms. The molecule has 0 saturated heterocycles. The first kappa shape index (κ1) is 16.2. The minimum Gasteiger partial charge on any atom is -0.504 e. The van der Waals surface area contributed by atoms with E-state index in [2.05, 4.69) is 10.3 Å². The van der Waals surface area contributed by atoms with Crippen molar-refractivity contribution >= 4 is 17.5 Å². The molecule has 0 fully saturated rings. The second-order valence-corrected chi connectivity index (χ2v) is 5.79. The Kier molecular flexibility index (Phi) is 4.62. The van der Waals surface area contributed by atoms with Crippen LogP contribution >= 0.6 is 11.6 Å². The largest absolute Gasteiger partial charge is 0.504 e. The van der Waals surface area contributed by atoms with Crippen molar-refractivity contribution in [2.24, 2.45) is 7.05 Å². The number of rotatable bonds is 5.